The maximum absolute atomic E-state index is 12.2. The van der Waals surface area contributed by atoms with Gasteiger partial charge in [0.15, 0.2) is 0 Å². The Morgan fingerprint density at radius 2 is 1.71 bits per heavy atom. The Bertz CT molecular complexity index is 358. The van der Waals surface area contributed by atoms with Crippen molar-refractivity contribution < 1.29 is 14.3 Å². The van der Waals surface area contributed by atoms with Crippen LogP contribution in [0.2, 0.25) is 0 Å². The van der Waals surface area contributed by atoms with Gasteiger partial charge in [0.25, 0.3) is 0 Å². The number of piperazine rings is 1. The summed E-state index contributed by atoms with van der Waals surface area (Å²) in [6, 6.07) is 0. The van der Waals surface area contributed by atoms with Gasteiger partial charge in [0.05, 0.1) is 0 Å². The van der Waals surface area contributed by atoms with Crippen molar-refractivity contribution in [3.8, 4) is 0 Å². The van der Waals surface area contributed by atoms with Crippen molar-refractivity contribution in [1.29, 1.82) is 0 Å². The lowest BCUT2D eigenvalue weighted by molar-refractivity contribution is -0.133. The number of hydrogen-bond donors (Lipinski definition) is 0. The fraction of sp³-hybridized carbons (Fsp3) is 0.867. The molecule has 0 unspecified atom stereocenters. The Morgan fingerprint density at radius 1 is 1.14 bits per heavy atom. The minimum atomic E-state index is -0.541. The van der Waals surface area contributed by atoms with E-state index in [0.29, 0.717) is 0 Å². The molecule has 1 aliphatic rings. The zero-order valence-corrected chi connectivity index (χ0v) is 14.0. The highest BCUT2D eigenvalue weighted by Gasteiger charge is 2.25. The molecule has 0 aromatic rings. The summed E-state index contributed by atoms with van der Waals surface area (Å²) in [4.78, 5) is 29.6. The van der Waals surface area contributed by atoms with Gasteiger partial charge < -0.3 is 14.5 Å². The molecule has 122 valence electrons. The number of ether oxygens (including phenoxy) is 1. The summed E-state index contributed by atoms with van der Waals surface area (Å²) in [5.41, 5.74) is -0.541. The summed E-state index contributed by atoms with van der Waals surface area (Å²) >= 11 is 0. The van der Waals surface area contributed by atoms with E-state index in [1.54, 1.807) is 7.05 Å². The van der Waals surface area contributed by atoms with E-state index >= 15 is 0 Å². The van der Waals surface area contributed by atoms with Gasteiger partial charge in [-0.1, -0.05) is 6.92 Å². The van der Waals surface area contributed by atoms with Gasteiger partial charge in [0.1, 0.15) is 12.1 Å². The molecule has 0 N–H and O–H groups in total. The predicted molar refractivity (Wildman–Crippen MR) is 82.2 cm³/mol. The lowest BCUT2D eigenvalue weighted by Gasteiger charge is -2.35. The van der Waals surface area contributed by atoms with Gasteiger partial charge in [-0.2, -0.15) is 0 Å². The minimum Gasteiger partial charge on any atom is -0.444 e. The number of nitrogens with zero attached hydrogens (tertiary/aromatic N) is 3. The van der Waals surface area contributed by atoms with Crippen LogP contribution in [0, 0.1) is 0 Å². The third kappa shape index (κ3) is 6.33. The summed E-state index contributed by atoms with van der Waals surface area (Å²) in [7, 11) is 1.60. The van der Waals surface area contributed by atoms with E-state index in [2.05, 4.69) is 11.8 Å². The highest BCUT2D eigenvalue weighted by Crippen LogP contribution is 2.09. The first kappa shape index (κ1) is 17.8. The lowest BCUT2D eigenvalue weighted by Crippen LogP contribution is -2.51. The molecule has 0 spiro atoms. The summed E-state index contributed by atoms with van der Waals surface area (Å²) in [5, 5.41) is 0. The van der Waals surface area contributed by atoms with E-state index in [4.69, 9.17) is 4.74 Å². The standard InChI is InChI=1S/C15H29N3O3/c1-6-7-17-8-10-18(11-9-17)13(19)12-16(5)14(20)21-15(2,3)4/h6-12H2,1-5H3. The molecule has 1 heterocycles. The third-order valence-corrected chi connectivity index (χ3v) is 3.34. The predicted octanol–water partition coefficient (Wildman–Crippen LogP) is 1.41. The second-order valence-corrected chi connectivity index (χ2v) is 6.56. The average molecular weight is 299 g/mol. The van der Waals surface area contributed by atoms with E-state index in [1.165, 1.54) is 4.90 Å². The Morgan fingerprint density at radius 3 is 2.19 bits per heavy atom. The Balaban J connectivity index is 2.38. The topological polar surface area (TPSA) is 53.1 Å². The molecule has 6 heteroatoms. The smallest absolute Gasteiger partial charge is 0.410 e. The number of rotatable bonds is 4. The van der Waals surface area contributed by atoms with Gasteiger partial charge in [-0.15, -0.1) is 0 Å². The Hall–Kier alpha value is -1.30. The van der Waals surface area contributed by atoms with Gasteiger partial charge in [0.2, 0.25) is 5.91 Å². The number of carbonyl (C=O) groups is 2. The maximum atomic E-state index is 12.2. The van der Waals surface area contributed by atoms with Crippen molar-refractivity contribution in [2.24, 2.45) is 0 Å². The Labute approximate surface area is 128 Å². The summed E-state index contributed by atoms with van der Waals surface area (Å²) in [6.45, 7) is 12.1. The highest BCUT2D eigenvalue weighted by atomic mass is 16.6. The molecule has 0 saturated carbocycles. The molecule has 0 aliphatic carbocycles. The van der Waals surface area contributed by atoms with Gasteiger partial charge >= 0.3 is 6.09 Å². The molecule has 0 radical (unpaired) electrons. The fourth-order valence-electron chi connectivity index (χ4n) is 2.24. The lowest BCUT2D eigenvalue weighted by atomic mass is 10.2. The van der Waals surface area contributed by atoms with Crippen LogP contribution in [-0.2, 0) is 9.53 Å². The van der Waals surface area contributed by atoms with Gasteiger partial charge in [0, 0.05) is 33.2 Å². The summed E-state index contributed by atoms with van der Waals surface area (Å²) < 4.78 is 5.24. The summed E-state index contributed by atoms with van der Waals surface area (Å²) in [6.07, 6.45) is 0.676. The normalized spacial score (nSPS) is 16.7. The van der Waals surface area contributed by atoms with Crippen molar-refractivity contribution in [3.05, 3.63) is 0 Å². The molecule has 0 atom stereocenters. The first-order valence-electron chi connectivity index (χ1n) is 7.67. The van der Waals surface area contributed by atoms with Crippen molar-refractivity contribution in [2.75, 3.05) is 46.3 Å². The van der Waals surface area contributed by atoms with Crippen LogP contribution in [0.25, 0.3) is 0 Å². The average Bonchev–Trinajstić information content (AvgIpc) is 2.37. The molecule has 2 amide bonds. The molecular formula is C15H29N3O3. The molecule has 6 nitrogen and oxygen atoms in total. The van der Waals surface area contributed by atoms with E-state index in [1.807, 2.05) is 25.7 Å². The van der Waals surface area contributed by atoms with Gasteiger partial charge in [-0.05, 0) is 33.7 Å². The van der Waals surface area contributed by atoms with Crippen LogP contribution in [0.3, 0.4) is 0 Å². The number of hydrogen-bond acceptors (Lipinski definition) is 4. The molecule has 1 fully saturated rings. The SMILES string of the molecule is CCCN1CCN(C(=O)CN(C)C(=O)OC(C)(C)C)CC1. The largest absolute Gasteiger partial charge is 0.444 e. The van der Waals surface area contributed by atoms with Crippen molar-refractivity contribution in [1.82, 2.24) is 14.7 Å². The zero-order valence-electron chi connectivity index (χ0n) is 14.0. The number of carbonyl (C=O) groups excluding carboxylic acids is 2. The third-order valence-electron chi connectivity index (χ3n) is 3.34. The molecule has 0 aromatic heterocycles. The monoisotopic (exact) mass is 299 g/mol. The van der Waals surface area contributed by atoms with E-state index < -0.39 is 11.7 Å². The maximum Gasteiger partial charge on any atom is 0.410 e. The second kappa shape index (κ2) is 7.64. The van der Waals surface area contributed by atoms with E-state index in [-0.39, 0.29) is 12.5 Å². The molecule has 21 heavy (non-hydrogen) atoms. The van der Waals surface area contributed by atoms with E-state index in [9.17, 15) is 9.59 Å². The van der Waals surface area contributed by atoms with Gasteiger partial charge in [-0.25, -0.2) is 4.79 Å². The van der Waals surface area contributed by atoms with Crippen LogP contribution in [0.1, 0.15) is 34.1 Å². The summed E-state index contributed by atoms with van der Waals surface area (Å²) in [5.74, 6) is -0.0143. The van der Waals surface area contributed by atoms with E-state index in [0.717, 1.165) is 39.1 Å². The van der Waals surface area contributed by atoms with Crippen LogP contribution in [0.15, 0.2) is 0 Å². The van der Waals surface area contributed by atoms with Gasteiger partial charge in [-0.3, -0.25) is 9.69 Å². The molecule has 1 rings (SSSR count). The first-order valence-corrected chi connectivity index (χ1v) is 7.67. The molecule has 1 saturated heterocycles. The van der Waals surface area contributed by atoms with Crippen molar-refractivity contribution in [3.63, 3.8) is 0 Å². The number of amides is 2. The second-order valence-electron chi connectivity index (χ2n) is 6.56. The number of likely N-dealkylation sites (N-methyl/N-ethyl adjacent to an activating group) is 1. The van der Waals surface area contributed by atoms with Crippen LogP contribution in [0.5, 0.6) is 0 Å². The van der Waals surface area contributed by atoms with Crippen molar-refractivity contribution in [2.45, 2.75) is 39.7 Å². The van der Waals surface area contributed by atoms with Crippen molar-refractivity contribution >= 4 is 12.0 Å². The van der Waals surface area contributed by atoms with Crippen LogP contribution in [0.4, 0.5) is 4.79 Å². The van der Waals surface area contributed by atoms with Crippen LogP contribution >= 0.6 is 0 Å². The molecule has 0 aromatic carbocycles. The molecule has 0 bridgehead atoms. The molecular weight excluding hydrogens is 270 g/mol. The molecule has 1 aliphatic heterocycles. The highest BCUT2D eigenvalue weighted by molar-refractivity contribution is 5.82. The Kier molecular flexibility index (Phi) is 6.45. The van der Waals surface area contributed by atoms with Crippen LogP contribution < -0.4 is 0 Å². The minimum absolute atomic E-state index is 0.0143. The van der Waals surface area contributed by atoms with Crippen LogP contribution in [-0.4, -0.2) is 78.6 Å². The quantitative estimate of drug-likeness (QED) is 0.787. The first-order chi connectivity index (χ1) is 9.73. The zero-order chi connectivity index (χ0) is 16.0. The fourth-order valence-corrected chi connectivity index (χ4v) is 2.24.